The molecule has 0 unspecified atom stereocenters. The Bertz CT molecular complexity index is 1080. The van der Waals surface area contributed by atoms with Crippen molar-refractivity contribution in [3.8, 4) is 0 Å². The van der Waals surface area contributed by atoms with Gasteiger partial charge < -0.3 is 9.64 Å². The minimum atomic E-state index is -0.822. The van der Waals surface area contributed by atoms with Gasteiger partial charge in [-0.15, -0.1) is 0 Å². The number of ketones is 1. The van der Waals surface area contributed by atoms with Crippen LogP contribution >= 0.6 is 0 Å². The highest BCUT2D eigenvalue weighted by Crippen LogP contribution is 2.30. The number of Topliss-reactive ketones (excluding diaryl/α,β-unsaturated/α-hetero) is 1. The number of rotatable bonds is 7. The summed E-state index contributed by atoms with van der Waals surface area (Å²) in [6.45, 7) is 0.983. The third-order valence-electron chi connectivity index (χ3n) is 4.91. The molecule has 0 aromatic heterocycles. The van der Waals surface area contributed by atoms with Crippen LogP contribution in [0.15, 0.2) is 42.5 Å². The van der Waals surface area contributed by atoms with E-state index in [-0.39, 0.29) is 35.8 Å². The topological polar surface area (TPSA) is 150 Å². The maximum Gasteiger partial charge on any atom is 0.311 e. The number of carbonyl (C=O) groups excluding carboxylic acids is 3. The Morgan fingerprint density at radius 2 is 1.77 bits per heavy atom. The summed E-state index contributed by atoms with van der Waals surface area (Å²) in [4.78, 5) is 58.7. The first-order chi connectivity index (χ1) is 14.7. The van der Waals surface area contributed by atoms with Crippen molar-refractivity contribution in [3.63, 3.8) is 0 Å². The second-order valence-corrected chi connectivity index (χ2v) is 6.97. The zero-order chi connectivity index (χ0) is 22.7. The quantitative estimate of drug-likeness (QED) is 0.283. The predicted octanol–water partition coefficient (Wildman–Crippen LogP) is 2.59. The van der Waals surface area contributed by atoms with E-state index in [4.69, 9.17) is 4.74 Å². The Labute approximate surface area is 175 Å². The van der Waals surface area contributed by atoms with Gasteiger partial charge >= 0.3 is 5.97 Å². The van der Waals surface area contributed by atoms with Gasteiger partial charge in [0, 0.05) is 42.3 Å². The summed E-state index contributed by atoms with van der Waals surface area (Å²) < 4.78 is 5.02. The zero-order valence-corrected chi connectivity index (χ0v) is 16.3. The van der Waals surface area contributed by atoms with E-state index in [1.54, 1.807) is 13.0 Å². The van der Waals surface area contributed by atoms with Gasteiger partial charge in [0.1, 0.15) is 0 Å². The van der Waals surface area contributed by atoms with Crippen molar-refractivity contribution in [1.29, 1.82) is 0 Å². The molecule has 0 aliphatic carbocycles. The Hall–Kier alpha value is -4.15. The molecule has 0 radical (unpaired) electrons. The molecule has 0 saturated carbocycles. The number of non-ortho nitro benzene ring substituents is 1. The normalized spacial score (nSPS) is 15.6. The molecule has 0 bridgehead atoms. The lowest BCUT2D eigenvalue weighted by Crippen LogP contribution is -2.27. The molecule has 11 nitrogen and oxygen atoms in total. The third-order valence-corrected chi connectivity index (χ3v) is 4.91. The Morgan fingerprint density at radius 3 is 2.39 bits per heavy atom. The van der Waals surface area contributed by atoms with Crippen molar-refractivity contribution in [3.05, 3.63) is 73.8 Å². The SMILES string of the molecule is Cc1ccc(N2C[C@H](C(=O)OCC(=O)c3ccc([N+](=O)[O-])cc3)CC2=O)cc1[N+](=O)[O-]. The fourth-order valence-electron chi connectivity index (χ4n) is 3.18. The molecule has 11 heteroatoms. The predicted molar refractivity (Wildman–Crippen MR) is 107 cm³/mol. The number of anilines is 1. The van der Waals surface area contributed by atoms with Crippen LogP contribution in [-0.4, -0.2) is 40.7 Å². The summed E-state index contributed by atoms with van der Waals surface area (Å²) in [6.07, 6.45) is -0.147. The number of nitro groups is 2. The van der Waals surface area contributed by atoms with Gasteiger partial charge in [0.2, 0.25) is 5.91 Å². The fraction of sp³-hybridized carbons (Fsp3) is 0.250. The molecule has 3 rings (SSSR count). The molecule has 1 aliphatic heterocycles. The number of hydrogen-bond donors (Lipinski definition) is 0. The van der Waals surface area contributed by atoms with Crippen molar-refractivity contribution in [2.24, 2.45) is 5.92 Å². The fourth-order valence-corrected chi connectivity index (χ4v) is 3.18. The molecule has 31 heavy (non-hydrogen) atoms. The summed E-state index contributed by atoms with van der Waals surface area (Å²) in [7, 11) is 0. The van der Waals surface area contributed by atoms with E-state index in [0.717, 1.165) is 0 Å². The maximum absolute atomic E-state index is 12.3. The first kappa shape index (κ1) is 21.6. The second-order valence-electron chi connectivity index (χ2n) is 6.97. The van der Waals surface area contributed by atoms with Gasteiger partial charge in [-0.2, -0.15) is 0 Å². The molecular formula is C20H17N3O8. The zero-order valence-electron chi connectivity index (χ0n) is 16.3. The molecule has 2 aromatic rings. The average molecular weight is 427 g/mol. The lowest BCUT2D eigenvalue weighted by molar-refractivity contribution is -0.385. The minimum absolute atomic E-state index is 0.0242. The number of amides is 1. The Balaban J connectivity index is 1.61. The highest BCUT2D eigenvalue weighted by atomic mass is 16.6. The maximum atomic E-state index is 12.3. The van der Waals surface area contributed by atoms with Crippen LogP contribution in [0.2, 0.25) is 0 Å². The van der Waals surface area contributed by atoms with Gasteiger partial charge in [-0.25, -0.2) is 0 Å². The van der Waals surface area contributed by atoms with Crippen molar-refractivity contribution < 1.29 is 29.0 Å². The first-order valence-corrected chi connectivity index (χ1v) is 9.17. The van der Waals surface area contributed by atoms with Gasteiger partial charge in [0.15, 0.2) is 12.4 Å². The summed E-state index contributed by atoms with van der Waals surface area (Å²) >= 11 is 0. The van der Waals surface area contributed by atoms with E-state index in [9.17, 15) is 34.6 Å². The molecule has 1 fully saturated rings. The lowest BCUT2D eigenvalue weighted by Gasteiger charge is -2.16. The minimum Gasteiger partial charge on any atom is -0.457 e. The van der Waals surface area contributed by atoms with Crippen LogP contribution in [0.1, 0.15) is 22.3 Å². The van der Waals surface area contributed by atoms with Gasteiger partial charge in [-0.3, -0.25) is 34.6 Å². The first-order valence-electron chi connectivity index (χ1n) is 9.17. The van der Waals surface area contributed by atoms with Crippen LogP contribution in [0.4, 0.5) is 17.1 Å². The number of nitro benzene ring substituents is 2. The van der Waals surface area contributed by atoms with Crippen LogP contribution in [0.3, 0.4) is 0 Å². The number of hydrogen-bond acceptors (Lipinski definition) is 8. The molecule has 160 valence electrons. The van der Waals surface area contributed by atoms with Gasteiger partial charge in [-0.05, 0) is 25.1 Å². The number of carbonyl (C=O) groups is 3. The van der Waals surface area contributed by atoms with Crippen LogP contribution in [0.25, 0.3) is 0 Å². The largest absolute Gasteiger partial charge is 0.457 e. The van der Waals surface area contributed by atoms with Crippen molar-refractivity contribution in [1.82, 2.24) is 0 Å². The summed E-state index contributed by atoms with van der Waals surface area (Å²) in [6, 6.07) is 9.23. The van der Waals surface area contributed by atoms with Gasteiger partial charge in [0.25, 0.3) is 11.4 Å². The van der Waals surface area contributed by atoms with E-state index >= 15 is 0 Å². The molecule has 2 aromatic carbocycles. The lowest BCUT2D eigenvalue weighted by atomic mass is 10.1. The van der Waals surface area contributed by atoms with E-state index < -0.39 is 34.1 Å². The van der Waals surface area contributed by atoms with Crippen molar-refractivity contribution in [2.45, 2.75) is 13.3 Å². The molecule has 1 amide bonds. The summed E-state index contributed by atoms with van der Waals surface area (Å²) in [5, 5.41) is 21.8. The number of aryl methyl sites for hydroxylation is 1. The second kappa shape index (κ2) is 8.69. The highest BCUT2D eigenvalue weighted by molar-refractivity contribution is 6.01. The smallest absolute Gasteiger partial charge is 0.311 e. The number of benzene rings is 2. The standard InChI is InChI=1S/C20H17N3O8/c1-12-2-5-16(9-17(12)23(29)30)21-10-14(8-19(21)25)20(26)31-11-18(24)13-3-6-15(7-4-13)22(27)28/h2-7,9,14H,8,10-11H2,1H3/t14-/m1/s1. The average Bonchev–Trinajstić information content (AvgIpc) is 3.13. The van der Waals surface area contributed by atoms with Crippen LogP contribution in [0.5, 0.6) is 0 Å². The third kappa shape index (κ3) is 4.71. The molecule has 0 N–H and O–H groups in total. The van der Waals surface area contributed by atoms with E-state index in [1.807, 2.05) is 0 Å². The Morgan fingerprint density at radius 1 is 1.10 bits per heavy atom. The number of esters is 1. The van der Waals surface area contributed by atoms with Crippen molar-refractivity contribution in [2.75, 3.05) is 18.1 Å². The van der Waals surface area contributed by atoms with Crippen LogP contribution in [0, 0.1) is 33.1 Å². The monoisotopic (exact) mass is 427 g/mol. The molecule has 1 heterocycles. The van der Waals surface area contributed by atoms with E-state index in [2.05, 4.69) is 0 Å². The number of nitrogens with zero attached hydrogens (tertiary/aromatic N) is 3. The summed E-state index contributed by atoms with van der Waals surface area (Å²) in [5.41, 5.74) is 0.592. The van der Waals surface area contributed by atoms with Gasteiger partial charge in [0.05, 0.1) is 21.5 Å². The summed E-state index contributed by atoms with van der Waals surface area (Å²) in [5.74, 6) is -2.49. The highest BCUT2D eigenvalue weighted by Gasteiger charge is 2.37. The molecular weight excluding hydrogens is 410 g/mol. The van der Waals surface area contributed by atoms with Gasteiger partial charge in [-0.1, -0.05) is 6.07 Å². The van der Waals surface area contributed by atoms with Crippen molar-refractivity contribution >= 4 is 34.7 Å². The number of ether oxygens (including phenoxy) is 1. The van der Waals surface area contributed by atoms with Crippen LogP contribution in [-0.2, 0) is 14.3 Å². The van der Waals surface area contributed by atoms with E-state index in [0.29, 0.717) is 11.3 Å². The molecule has 1 saturated heterocycles. The van der Waals surface area contributed by atoms with E-state index in [1.165, 1.54) is 41.3 Å². The molecule has 0 spiro atoms. The van der Waals surface area contributed by atoms with Crippen LogP contribution < -0.4 is 4.90 Å². The molecule has 1 aliphatic rings. The Kier molecular flexibility index (Phi) is 6.05. The molecule has 1 atom stereocenters.